The monoisotopic (exact) mass is 1670 g/mol. The SMILES string of the molecule is BrCC1C2(CC2)C12CC2.CC(C)(C)OC(=O)N1C=CC(=O)C1.CC(C)(C)OC(=O)c1ccc(Cl)nc1Cl.CC(C)(C)OC(=O)n1ccc(OCCC2C3(CC3)C23CC3)n1.N#CCC1C2(CC2)C12CC2.O=C(O)CC1C2(CC2)C12CC2.OCC1C2(CC2)C12CC2.OCCC1C2(CC2)C12CC2.c1cc(OCCC2C3(CC3)C23CC3)[nH]n1. The van der Waals surface area contributed by atoms with Crippen molar-refractivity contribution in [2.45, 2.75) is 291 Å². The van der Waals surface area contributed by atoms with Crippen LogP contribution in [-0.4, -0.2) is 130 Å². The van der Waals surface area contributed by atoms with Crippen molar-refractivity contribution in [1.82, 2.24) is 29.9 Å². The van der Waals surface area contributed by atoms with Crippen LogP contribution in [0.5, 0.6) is 11.8 Å². The van der Waals surface area contributed by atoms with Crippen LogP contribution in [0.25, 0.3) is 0 Å². The molecule has 4 N–H and O–H groups in total. The highest BCUT2D eigenvalue weighted by Gasteiger charge is 2.90. The van der Waals surface area contributed by atoms with Crippen LogP contribution < -0.4 is 9.47 Å². The Kier molecular flexibility index (Phi) is 19.7. The van der Waals surface area contributed by atoms with Crippen LogP contribution >= 0.6 is 39.1 Å². The van der Waals surface area contributed by atoms with Crippen LogP contribution in [-0.2, 0) is 23.8 Å². The van der Waals surface area contributed by atoms with Gasteiger partial charge >= 0.3 is 24.1 Å². The number of pyridine rings is 1. The van der Waals surface area contributed by atoms with E-state index in [4.69, 9.17) is 67.5 Å². The number of hydrogen-bond acceptors (Lipinski definition) is 16. The van der Waals surface area contributed by atoms with Gasteiger partial charge in [-0.15, -0.1) is 5.10 Å². The van der Waals surface area contributed by atoms with Crippen molar-refractivity contribution in [3.05, 3.63) is 64.8 Å². The second-order valence-corrected chi connectivity index (χ2v) is 43.9. The predicted molar refractivity (Wildman–Crippen MR) is 432 cm³/mol. The van der Waals surface area contributed by atoms with Crippen molar-refractivity contribution < 1.29 is 63.0 Å². The number of aliphatic carboxylic acids is 1. The first-order valence-corrected chi connectivity index (χ1v) is 45.6. The molecule has 0 unspecified atom stereocenters. The number of nitriles is 1. The molecule has 0 radical (unpaired) electrons. The fourth-order valence-electron chi connectivity index (χ4n) is 26.6. The maximum atomic E-state index is 11.9. The molecule has 20 nitrogen and oxygen atoms in total. The molecule has 3 aromatic rings. The van der Waals surface area contributed by atoms with Crippen LogP contribution in [0.2, 0.25) is 10.3 Å². The van der Waals surface area contributed by atoms with Gasteiger partial charge in [-0.05, 0) is 397 Å². The summed E-state index contributed by atoms with van der Waals surface area (Å²) in [5.74, 6) is 6.22. The Balaban J connectivity index is 0.0000000939. The minimum absolute atomic E-state index is 0.0525. The summed E-state index contributed by atoms with van der Waals surface area (Å²) in [5, 5.41) is 47.4. The Bertz CT molecular complexity index is 4130. The zero-order chi connectivity index (χ0) is 80.8. The number of fused-ring (bicyclic) bond motifs is 7. The number of alkyl halides is 1. The van der Waals surface area contributed by atoms with Crippen molar-refractivity contribution in [2.24, 2.45) is 117 Å². The average Bonchev–Trinajstić information content (AvgIpc) is 1.49. The molecule has 114 heavy (non-hydrogen) atoms. The average molecular weight is 1670 g/mol. The van der Waals surface area contributed by atoms with E-state index in [2.05, 4.69) is 42.3 Å². The molecule has 21 aliphatic carbocycles. The summed E-state index contributed by atoms with van der Waals surface area (Å²) in [5.41, 5.74) is 9.32. The van der Waals surface area contributed by atoms with Crippen LogP contribution in [0, 0.1) is 129 Å². The molecule has 25 rings (SSSR count). The number of ketones is 1. The molecule has 21 saturated carbocycles. The van der Waals surface area contributed by atoms with Gasteiger partial charge in [0.25, 0.3) is 0 Å². The topological polar surface area (TPSA) is 279 Å². The van der Waals surface area contributed by atoms with E-state index in [0.29, 0.717) is 48.9 Å². The molecule has 0 aromatic carbocycles. The number of hydrogen-bond donors (Lipinski definition) is 4. The summed E-state index contributed by atoms with van der Waals surface area (Å²) in [4.78, 5) is 61.1. The third kappa shape index (κ3) is 14.3. The summed E-state index contributed by atoms with van der Waals surface area (Å²) < 4.78 is 28.0. The van der Waals surface area contributed by atoms with E-state index in [-0.39, 0.29) is 28.2 Å². The van der Waals surface area contributed by atoms with Gasteiger partial charge in [0, 0.05) is 55.9 Å². The minimum atomic E-state index is -0.593. The van der Waals surface area contributed by atoms with Crippen molar-refractivity contribution in [1.29, 1.82) is 5.26 Å². The van der Waals surface area contributed by atoms with Gasteiger partial charge in [-0.1, -0.05) is 39.1 Å². The number of H-pyrrole nitrogens is 1. The molecular weight excluding hydrogens is 1550 g/mol. The van der Waals surface area contributed by atoms with Gasteiger partial charge in [0.1, 0.15) is 27.1 Å². The lowest BCUT2D eigenvalue weighted by Crippen LogP contribution is -2.33. The molecule has 21 fully saturated rings. The first-order chi connectivity index (χ1) is 54.1. The van der Waals surface area contributed by atoms with Crippen LogP contribution in [0.4, 0.5) is 9.59 Å². The Morgan fingerprint density at radius 3 is 1.29 bits per heavy atom. The molecule has 23 heteroatoms. The summed E-state index contributed by atoms with van der Waals surface area (Å²) in [6.45, 7) is 18.7. The Labute approximate surface area is 692 Å². The van der Waals surface area contributed by atoms with Crippen molar-refractivity contribution >= 4 is 69.0 Å². The number of carbonyl (C=O) groups is 5. The summed E-state index contributed by atoms with van der Waals surface area (Å²) in [7, 11) is 0. The maximum absolute atomic E-state index is 11.9. The summed E-state index contributed by atoms with van der Waals surface area (Å²) >= 11 is 15.0. The summed E-state index contributed by atoms with van der Waals surface area (Å²) in [6.07, 6.45) is 50.6. The molecule has 3 aromatic heterocycles. The highest BCUT2D eigenvalue weighted by molar-refractivity contribution is 9.09. The van der Waals surface area contributed by atoms with Crippen LogP contribution in [0.15, 0.2) is 48.9 Å². The number of ether oxygens (including phenoxy) is 5. The zero-order valence-electron chi connectivity index (χ0n) is 69.0. The molecular formula is C91H124BrCl2N7O13. The van der Waals surface area contributed by atoms with Crippen LogP contribution in [0.1, 0.15) is 285 Å². The first-order valence-electron chi connectivity index (χ1n) is 43.7. The largest absolute Gasteiger partial charge is 0.481 e. The van der Waals surface area contributed by atoms with E-state index in [1.165, 1.54) is 200 Å². The van der Waals surface area contributed by atoms with E-state index in [1.807, 2.05) is 26.8 Å². The number of aromatic amines is 1. The number of nitrogens with zero attached hydrogens (tertiary/aromatic N) is 6. The molecule has 622 valence electrons. The highest BCUT2D eigenvalue weighted by Crippen LogP contribution is 2.97. The van der Waals surface area contributed by atoms with Crippen molar-refractivity contribution in [2.75, 3.05) is 38.3 Å². The van der Waals surface area contributed by atoms with E-state index in [1.54, 1.807) is 85.7 Å². The zero-order valence-corrected chi connectivity index (χ0v) is 72.1. The Hall–Kier alpha value is -5.27. The molecule has 22 aliphatic rings. The second-order valence-electron chi connectivity index (χ2n) is 42.5. The lowest BCUT2D eigenvalue weighted by atomic mass is 10.2. The maximum Gasteiger partial charge on any atom is 0.435 e. The summed E-state index contributed by atoms with van der Waals surface area (Å²) in [6, 6.07) is 8.91. The van der Waals surface area contributed by atoms with Gasteiger partial charge in [-0.2, -0.15) is 15.0 Å². The van der Waals surface area contributed by atoms with Gasteiger partial charge in [-0.3, -0.25) is 14.5 Å². The molecule has 0 atom stereocenters. The van der Waals surface area contributed by atoms with E-state index in [9.17, 15) is 24.0 Å². The Morgan fingerprint density at radius 1 is 0.544 bits per heavy atom. The van der Waals surface area contributed by atoms with Crippen molar-refractivity contribution in [3.63, 3.8) is 0 Å². The number of carboxylic acids is 1. The van der Waals surface area contributed by atoms with E-state index >= 15 is 0 Å². The quantitative estimate of drug-likeness (QED) is 0.0449. The van der Waals surface area contributed by atoms with Gasteiger partial charge in [0.2, 0.25) is 11.8 Å². The first kappa shape index (κ1) is 81.1. The number of aliphatic hydroxyl groups excluding tert-OH is 2. The smallest absolute Gasteiger partial charge is 0.435 e. The predicted octanol–water partition coefficient (Wildman–Crippen LogP) is 19.7. The fraction of sp³-hybridized carbons (Fsp3) is 0.791. The number of aliphatic hydroxyl groups is 2. The lowest BCUT2D eigenvalue weighted by molar-refractivity contribution is -0.137. The lowest BCUT2D eigenvalue weighted by Gasteiger charge is -2.22. The van der Waals surface area contributed by atoms with Gasteiger partial charge in [0.05, 0.1) is 37.6 Å². The molecule has 0 saturated heterocycles. The molecule has 1 aliphatic heterocycles. The minimum Gasteiger partial charge on any atom is -0.481 e. The number of aromatic nitrogens is 5. The molecule has 1 amide bonds. The number of amides is 1. The third-order valence-electron chi connectivity index (χ3n) is 33.9. The number of halogens is 3. The standard InChI is InChI=1S/C17H24N2O3.C12H16N2O.C10H11Cl2NO2.C9H13NO3.C9H11N.C9H12O2.C9H14O.C8H11Br.C8H12O/c1-15(2,3)22-14(20)19-10-4-13(18-19)21-11-5-12-16(6-7-16)17(12)8-9-17;1-7-13-14-10(1)15-8-2-9-11(3-4-11)12(9)5-6-12;1-10(2,3)15-9(14)6-4-5-7(11)13-8(6)12;1-9(2,3)13-8(12)10-5-4-7(11)6-10;10-6-1-7-8(2-3-8)9(7)4-5-9;10-7(11)5-6-8(1-2-8)9(6)3-4-9;10-6-1-7-8(2-3-8)9(7)4-5-9;2*9-5-6-7(1-2-7)8(6)3-4-8/h4,10,12H,5-9,11H2,1-3H3;1,7,9H,2-6,8H2,(H,13,14);4-5H,1-3H3;4-5H,6H2,1-3H3;7H,1-5H2;6H,1-5H2,(H,10,11);7,10H,1-6H2;6H,1-5H2;6,9H,1-5H2. The Morgan fingerprint density at radius 2 is 0.947 bits per heavy atom. The fourth-order valence-corrected chi connectivity index (χ4v) is 28.2. The number of rotatable bonds is 16. The van der Waals surface area contributed by atoms with Gasteiger partial charge < -0.3 is 39.0 Å². The van der Waals surface area contributed by atoms with Crippen LogP contribution in [0.3, 0.4) is 0 Å². The second kappa shape index (κ2) is 27.6. The van der Waals surface area contributed by atoms with E-state index < -0.39 is 40.9 Å². The number of carboxylic acid groups (broad SMARTS) is 1. The highest BCUT2D eigenvalue weighted by atomic mass is 79.9. The van der Waals surface area contributed by atoms with Gasteiger partial charge in [-0.25, -0.2) is 24.5 Å². The third-order valence-corrected chi connectivity index (χ3v) is 35.1. The number of nitrogens with one attached hydrogen (secondary N) is 1. The molecule has 0 bridgehead atoms. The van der Waals surface area contributed by atoms with Gasteiger partial charge in [0.15, 0.2) is 5.78 Å². The number of esters is 1. The number of carbonyl (C=O) groups excluding carboxylic acids is 4. The molecule has 14 spiro atoms. The normalized spacial score (nSPS) is 30.0. The molecule has 4 heterocycles. The van der Waals surface area contributed by atoms with E-state index in [0.717, 1.165) is 132 Å². The van der Waals surface area contributed by atoms with Crippen molar-refractivity contribution in [3.8, 4) is 17.8 Å².